The summed E-state index contributed by atoms with van der Waals surface area (Å²) in [6, 6.07) is 5.09. The Hall–Kier alpha value is -2.76. The number of carbonyl (C=O) groups excluding carboxylic acids is 1. The molecule has 1 unspecified atom stereocenters. The van der Waals surface area contributed by atoms with Gasteiger partial charge in [0.1, 0.15) is 16.9 Å². The lowest BCUT2D eigenvalue weighted by molar-refractivity contribution is -0.143. The van der Waals surface area contributed by atoms with E-state index < -0.39 is 40.6 Å². The van der Waals surface area contributed by atoms with E-state index >= 15 is 0 Å². The number of carbonyl (C=O) groups is 1. The Morgan fingerprint density at radius 1 is 1.00 bits per heavy atom. The van der Waals surface area contributed by atoms with Crippen molar-refractivity contribution in [1.82, 2.24) is 4.90 Å². The molecule has 1 heterocycles. The second kappa shape index (κ2) is 9.00. The molecular weight excluding hydrogens is 462 g/mol. The monoisotopic (exact) mass is 480 g/mol. The van der Waals surface area contributed by atoms with Crippen LogP contribution in [0.3, 0.4) is 0 Å². The highest BCUT2D eigenvalue weighted by Gasteiger charge is 2.38. The molecule has 2 aromatic carbocycles. The van der Waals surface area contributed by atoms with Crippen molar-refractivity contribution in [3.8, 4) is 11.5 Å². The number of nitrogens with zero attached hydrogens (tertiary/aromatic N) is 1. The highest BCUT2D eigenvalue weighted by Crippen LogP contribution is 2.43. The van der Waals surface area contributed by atoms with Crippen LogP contribution >= 0.6 is 11.8 Å². The van der Waals surface area contributed by atoms with Gasteiger partial charge in [-0.2, -0.15) is 26.3 Å². The second-order valence-electron chi connectivity index (χ2n) is 6.75. The average molecular weight is 480 g/mol. The summed E-state index contributed by atoms with van der Waals surface area (Å²) >= 11 is 1.38. The van der Waals surface area contributed by atoms with Crippen LogP contribution < -0.4 is 14.8 Å². The fourth-order valence-corrected chi connectivity index (χ4v) is 4.46. The third-order valence-electron chi connectivity index (χ3n) is 4.70. The van der Waals surface area contributed by atoms with Crippen LogP contribution in [-0.2, 0) is 12.4 Å². The Bertz CT molecular complexity index is 964. The summed E-state index contributed by atoms with van der Waals surface area (Å²) in [7, 11) is 2.91. The molecule has 0 aliphatic carbocycles. The Morgan fingerprint density at radius 2 is 1.62 bits per heavy atom. The van der Waals surface area contributed by atoms with Gasteiger partial charge in [0.25, 0.3) is 0 Å². The summed E-state index contributed by atoms with van der Waals surface area (Å²) in [4.78, 5) is 14.1. The maximum atomic E-state index is 13.1. The minimum atomic E-state index is -5.01. The Kier molecular flexibility index (Phi) is 6.72. The number of nitrogens with one attached hydrogen (secondary N) is 1. The van der Waals surface area contributed by atoms with Gasteiger partial charge in [-0.25, -0.2) is 4.79 Å². The molecule has 3 rings (SSSR count). The number of amides is 2. The smallest absolute Gasteiger partial charge is 0.416 e. The highest BCUT2D eigenvalue weighted by atomic mass is 32.2. The van der Waals surface area contributed by atoms with Gasteiger partial charge in [-0.05, 0) is 30.3 Å². The van der Waals surface area contributed by atoms with E-state index in [-0.39, 0.29) is 12.6 Å². The molecule has 0 bridgehead atoms. The number of hydrogen-bond donors (Lipinski definition) is 1. The topological polar surface area (TPSA) is 50.8 Å². The number of thioether (sulfide) groups is 1. The van der Waals surface area contributed by atoms with Crippen molar-refractivity contribution >= 4 is 23.5 Å². The number of anilines is 1. The van der Waals surface area contributed by atoms with Crippen LogP contribution in [0.1, 0.15) is 22.1 Å². The largest absolute Gasteiger partial charge is 0.497 e. The van der Waals surface area contributed by atoms with E-state index in [9.17, 15) is 31.1 Å². The van der Waals surface area contributed by atoms with Crippen molar-refractivity contribution in [3.63, 3.8) is 0 Å². The third kappa shape index (κ3) is 5.17. The molecule has 1 aliphatic rings. The number of benzene rings is 2. The Balaban J connectivity index is 1.90. The summed E-state index contributed by atoms with van der Waals surface area (Å²) in [5.74, 6) is 1.47. The molecule has 0 saturated carbocycles. The summed E-state index contributed by atoms with van der Waals surface area (Å²) < 4.78 is 89.0. The van der Waals surface area contributed by atoms with Crippen molar-refractivity contribution < 1.29 is 40.6 Å². The predicted octanol–water partition coefficient (Wildman–Crippen LogP) is 6.02. The molecule has 5 nitrogen and oxygen atoms in total. The molecule has 1 fully saturated rings. The zero-order valence-corrected chi connectivity index (χ0v) is 17.6. The van der Waals surface area contributed by atoms with Gasteiger partial charge in [0.05, 0.1) is 25.3 Å². The van der Waals surface area contributed by atoms with Gasteiger partial charge in [-0.1, -0.05) is 0 Å². The first-order valence-electron chi connectivity index (χ1n) is 9.14. The van der Waals surface area contributed by atoms with E-state index in [2.05, 4.69) is 5.32 Å². The molecule has 0 aromatic heterocycles. The fraction of sp³-hybridized carbons (Fsp3) is 0.350. The van der Waals surface area contributed by atoms with Crippen LogP contribution in [-0.4, -0.2) is 37.4 Å². The molecule has 1 aliphatic heterocycles. The zero-order valence-electron chi connectivity index (χ0n) is 16.8. The summed E-state index contributed by atoms with van der Waals surface area (Å²) in [5, 5.41) is 1.62. The second-order valence-corrected chi connectivity index (χ2v) is 7.94. The van der Waals surface area contributed by atoms with Crippen LogP contribution in [0.15, 0.2) is 36.4 Å². The summed E-state index contributed by atoms with van der Waals surface area (Å²) in [5.41, 5.74) is -3.00. The number of hydrogen-bond acceptors (Lipinski definition) is 4. The van der Waals surface area contributed by atoms with Crippen molar-refractivity contribution in [1.29, 1.82) is 0 Å². The van der Waals surface area contributed by atoms with Gasteiger partial charge in [0, 0.05) is 29.6 Å². The number of urea groups is 1. The van der Waals surface area contributed by atoms with Crippen LogP contribution in [0.25, 0.3) is 0 Å². The lowest BCUT2D eigenvalue weighted by Crippen LogP contribution is -2.34. The van der Waals surface area contributed by atoms with Gasteiger partial charge < -0.3 is 19.7 Å². The first kappa shape index (κ1) is 23.9. The Labute approximate surface area is 183 Å². The van der Waals surface area contributed by atoms with Crippen LogP contribution in [0.4, 0.5) is 36.8 Å². The number of ether oxygens (including phenoxy) is 2. The van der Waals surface area contributed by atoms with Crippen LogP contribution in [0.5, 0.6) is 11.5 Å². The maximum Gasteiger partial charge on any atom is 0.416 e. The van der Waals surface area contributed by atoms with E-state index in [1.165, 1.54) is 30.9 Å². The van der Waals surface area contributed by atoms with Crippen molar-refractivity contribution in [2.75, 3.05) is 31.8 Å². The number of alkyl halides is 6. The molecule has 1 saturated heterocycles. The molecule has 1 atom stereocenters. The van der Waals surface area contributed by atoms with Gasteiger partial charge in [0.15, 0.2) is 0 Å². The van der Waals surface area contributed by atoms with Crippen molar-refractivity contribution in [2.45, 2.75) is 17.7 Å². The van der Waals surface area contributed by atoms with E-state index in [1.807, 2.05) is 0 Å². The van der Waals surface area contributed by atoms with Gasteiger partial charge in [-0.3, -0.25) is 0 Å². The molecule has 12 heteroatoms. The fourth-order valence-electron chi connectivity index (χ4n) is 3.18. The maximum absolute atomic E-state index is 13.1. The van der Waals surface area contributed by atoms with Crippen LogP contribution in [0.2, 0.25) is 0 Å². The third-order valence-corrected chi connectivity index (χ3v) is 5.94. The highest BCUT2D eigenvalue weighted by molar-refractivity contribution is 7.99. The van der Waals surface area contributed by atoms with Crippen LogP contribution in [0, 0.1) is 0 Å². The quantitative estimate of drug-likeness (QED) is 0.544. The molecule has 32 heavy (non-hydrogen) atoms. The minimum absolute atomic E-state index is 0.00634. The van der Waals surface area contributed by atoms with Crippen molar-refractivity contribution in [2.24, 2.45) is 0 Å². The minimum Gasteiger partial charge on any atom is -0.497 e. The predicted molar refractivity (Wildman–Crippen MR) is 107 cm³/mol. The van der Waals surface area contributed by atoms with Gasteiger partial charge in [-0.15, -0.1) is 11.8 Å². The van der Waals surface area contributed by atoms with E-state index in [4.69, 9.17) is 9.47 Å². The number of halogens is 6. The summed E-state index contributed by atoms with van der Waals surface area (Å²) in [6.45, 7) is 0.238. The van der Waals surface area contributed by atoms with E-state index in [1.54, 1.807) is 18.2 Å². The molecule has 1 N–H and O–H groups in total. The molecule has 0 radical (unpaired) electrons. The lowest BCUT2D eigenvalue weighted by Gasteiger charge is -2.26. The zero-order chi connectivity index (χ0) is 23.7. The molecule has 2 aromatic rings. The van der Waals surface area contributed by atoms with E-state index in [0.29, 0.717) is 34.9 Å². The molecule has 0 spiro atoms. The van der Waals surface area contributed by atoms with Gasteiger partial charge >= 0.3 is 18.4 Å². The lowest BCUT2D eigenvalue weighted by atomic mass is 10.1. The average Bonchev–Trinajstić information content (AvgIpc) is 3.21. The molecule has 2 amide bonds. The summed E-state index contributed by atoms with van der Waals surface area (Å²) in [6.07, 6.45) is -10.0. The normalized spacial score (nSPS) is 16.8. The standard InChI is InChI=1S/C20H18F6N2O3S/c1-30-14-3-4-15(16(10-14)31-2)17-28(5-6-32-17)18(29)27-13-8-11(19(21,22)23)7-12(9-13)20(24,25)26/h3-4,7-10,17H,5-6H2,1-2H3,(H,27,29). The SMILES string of the molecule is COc1ccc(C2SCCN2C(=O)Nc2cc(C(F)(F)F)cc(C(F)(F)F)c2)c(OC)c1. The van der Waals surface area contributed by atoms with E-state index in [0.717, 1.165) is 0 Å². The molecular formula is C20H18F6N2O3S. The molecule has 174 valence electrons. The number of rotatable bonds is 4. The Morgan fingerprint density at radius 3 is 2.16 bits per heavy atom. The van der Waals surface area contributed by atoms with Crippen molar-refractivity contribution in [3.05, 3.63) is 53.1 Å². The van der Waals surface area contributed by atoms with Gasteiger partial charge in [0.2, 0.25) is 0 Å². The first-order valence-corrected chi connectivity index (χ1v) is 10.2. The number of methoxy groups -OCH3 is 2. The first-order chi connectivity index (χ1) is 14.9.